The Hall–Kier alpha value is -3.66. The number of nitrogens with one attached hydrogen (secondary N) is 2. The average Bonchev–Trinajstić information content (AvgIpc) is 3.33. The van der Waals surface area contributed by atoms with E-state index in [-0.39, 0.29) is 11.6 Å². The zero-order chi connectivity index (χ0) is 27.8. The highest BCUT2D eigenvalue weighted by Gasteiger charge is 2.14. The molecule has 0 aliphatic heterocycles. The van der Waals surface area contributed by atoms with E-state index in [0.29, 0.717) is 25.3 Å². The van der Waals surface area contributed by atoms with E-state index in [9.17, 15) is 4.79 Å². The van der Waals surface area contributed by atoms with Crippen LogP contribution >= 0.6 is 11.6 Å². The van der Waals surface area contributed by atoms with E-state index in [0.717, 1.165) is 77.1 Å². The number of aromatic nitrogens is 3. The number of unbranched alkanes of at least 4 members (excludes halogenated alkanes) is 1. The van der Waals surface area contributed by atoms with Gasteiger partial charge in [-0.2, -0.15) is 4.98 Å². The lowest BCUT2D eigenvalue weighted by Crippen LogP contribution is -2.23. The van der Waals surface area contributed by atoms with Gasteiger partial charge >= 0.3 is 5.69 Å². The van der Waals surface area contributed by atoms with Crippen molar-refractivity contribution in [3.05, 3.63) is 80.9 Å². The SMILES string of the molecule is CCc1cc(CCCCN)cc(-c2cc3cn(-c4ccc(CNCCCN=C(N)N)cc4)c(=O)nc3[nH]2)c1Cl. The summed E-state index contributed by atoms with van der Waals surface area (Å²) in [6.07, 6.45) is 6.47. The zero-order valence-electron chi connectivity index (χ0n) is 22.3. The first kappa shape index (κ1) is 28.4. The third-order valence-electron chi connectivity index (χ3n) is 6.66. The number of benzene rings is 2. The summed E-state index contributed by atoms with van der Waals surface area (Å²) in [5.41, 5.74) is 22.5. The van der Waals surface area contributed by atoms with Crippen LogP contribution in [0, 0.1) is 0 Å². The average molecular weight is 549 g/mol. The molecule has 4 aromatic rings. The molecule has 2 aromatic heterocycles. The Morgan fingerprint density at radius 3 is 2.62 bits per heavy atom. The minimum atomic E-state index is -0.350. The summed E-state index contributed by atoms with van der Waals surface area (Å²) in [4.78, 5) is 24.5. The molecule has 2 aromatic carbocycles. The topological polar surface area (TPSA) is 153 Å². The molecule has 0 spiro atoms. The van der Waals surface area contributed by atoms with E-state index in [2.05, 4.69) is 39.3 Å². The fraction of sp³-hybridized carbons (Fsp3) is 0.345. The van der Waals surface area contributed by atoms with Gasteiger partial charge in [-0.05, 0) is 86.1 Å². The van der Waals surface area contributed by atoms with Crippen LogP contribution in [0.1, 0.15) is 42.9 Å². The Morgan fingerprint density at radius 1 is 1.10 bits per heavy atom. The lowest BCUT2D eigenvalue weighted by atomic mass is 9.98. The minimum absolute atomic E-state index is 0.113. The molecular formula is C29H37ClN8O. The second kappa shape index (κ2) is 13.4. The van der Waals surface area contributed by atoms with E-state index >= 15 is 0 Å². The number of H-pyrrole nitrogens is 1. The summed E-state index contributed by atoms with van der Waals surface area (Å²) in [7, 11) is 0. The summed E-state index contributed by atoms with van der Waals surface area (Å²) in [6, 6.07) is 14.2. The van der Waals surface area contributed by atoms with Gasteiger partial charge in [0.25, 0.3) is 0 Å². The molecule has 2 heterocycles. The number of guanidine groups is 1. The number of rotatable bonds is 13. The highest BCUT2D eigenvalue weighted by Crippen LogP contribution is 2.34. The molecule has 4 rings (SSSR count). The maximum absolute atomic E-state index is 12.9. The van der Waals surface area contributed by atoms with E-state index < -0.39 is 0 Å². The molecular weight excluding hydrogens is 512 g/mol. The highest BCUT2D eigenvalue weighted by molar-refractivity contribution is 6.34. The van der Waals surface area contributed by atoms with Gasteiger partial charge in [0.05, 0.1) is 10.7 Å². The molecule has 0 saturated heterocycles. The Morgan fingerprint density at radius 2 is 1.90 bits per heavy atom. The van der Waals surface area contributed by atoms with Gasteiger partial charge in [0.15, 0.2) is 5.96 Å². The van der Waals surface area contributed by atoms with Crippen LogP contribution in [-0.2, 0) is 19.4 Å². The minimum Gasteiger partial charge on any atom is -0.370 e. The first-order valence-corrected chi connectivity index (χ1v) is 13.8. The molecule has 0 aliphatic rings. The summed E-state index contributed by atoms with van der Waals surface area (Å²) < 4.78 is 1.56. The number of nitrogens with zero attached hydrogens (tertiary/aromatic N) is 3. The van der Waals surface area contributed by atoms with Gasteiger partial charge in [-0.3, -0.25) is 9.56 Å². The molecule has 39 heavy (non-hydrogen) atoms. The van der Waals surface area contributed by atoms with E-state index in [1.54, 1.807) is 4.57 Å². The third kappa shape index (κ3) is 7.26. The highest BCUT2D eigenvalue weighted by atomic mass is 35.5. The summed E-state index contributed by atoms with van der Waals surface area (Å²) in [5.74, 6) is 0.113. The van der Waals surface area contributed by atoms with Crippen LogP contribution in [0.25, 0.3) is 28.0 Å². The van der Waals surface area contributed by atoms with Gasteiger partial charge in [0.2, 0.25) is 0 Å². The molecule has 0 atom stereocenters. The molecule has 0 fully saturated rings. The first-order valence-electron chi connectivity index (χ1n) is 13.4. The van der Waals surface area contributed by atoms with Gasteiger partial charge in [-0.15, -0.1) is 0 Å². The lowest BCUT2D eigenvalue weighted by molar-refractivity contribution is 0.655. The van der Waals surface area contributed by atoms with Crippen molar-refractivity contribution >= 4 is 28.6 Å². The van der Waals surface area contributed by atoms with Gasteiger partial charge in [0.1, 0.15) is 5.65 Å². The Balaban J connectivity index is 1.53. The van der Waals surface area contributed by atoms with E-state index in [4.69, 9.17) is 28.8 Å². The van der Waals surface area contributed by atoms with Gasteiger partial charge in [0, 0.05) is 35.9 Å². The number of fused-ring (bicyclic) bond motifs is 1. The van der Waals surface area contributed by atoms with E-state index in [1.807, 2.05) is 36.5 Å². The summed E-state index contributed by atoms with van der Waals surface area (Å²) in [5, 5.41) is 4.92. The number of aliphatic imine (C=N–C) groups is 1. The first-order chi connectivity index (χ1) is 18.9. The van der Waals surface area contributed by atoms with Gasteiger partial charge < -0.3 is 27.5 Å². The number of aromatic amines is 1. The second-order valence-corrected chi connectivity index (χ2v) is 9.98. The van der Waals surface area contributed by atoms with Gasteiger partial charge in [-0.1, -0.05) is 36.7 Å². The maximum atomic E-state index is 12.9. The second-order valence-electron chi connectivity index (χ2n) is 9.60. The zero-order valence-corrected chi connectivity index (χ0v) is 23.1. The molecule has 8 N–H and O–H groups in total. The fourth-order valence-electron chi connectivity index (χ4n) is 4.57. The number of hydrogen-bond donors (Lipinski definition) is 5. The molecule has 0 saturated carbocycles. The summed E-state index contributed by atoms with van der Waals surface area (Å²) in [6.45, 7) is 4.90. The molecule has 10 heteroatoms. The standard InChI is InChI=1S/C29H37ClN8O/c1-2-21-14-20(6-3-4-11-31)15-24(26(21)30)25-16-22-18-38(29(39)37-27(22)36-25)23-9-7-19(8-10-23)17-34-12-5-13-35-28(32)33/h7-10,14-16,18,34H,2-6,11-13,17,31H2,1H3,(H4,32,33,35)(H,36,37,39). The Kier molecular flexibility index (Phi) is 9.75. The molecule has 0 radical (unpaired) electrons. The fourth-order valence-corrected chi connectivity index (χ4v) is 4.91. The number of aryl methyl sites for hydroxylation is 2. The smallest absolute Gasteiger partial charge is 0.354 e. The number of hydrogen-bond acceptors (Lipinski definition) is 5. The molecule has 0 bridgehead atoms. The van der Waals surface area contributed by atoms with Crippen LogP contribution in [0.15, 0.2) is 58.4 Å². The van der Waals surface area contributed by atoms with Gasteiger partial charge in [-0.25, -0.2) is 4.79 Å². The molecule has 206 valence electrons. The Labute approximate surface area is 233 Å². The van der Waals surface area contributed by atoms with Crippen molar-refractivity contribution in [2.45, 2.75) is 45.6 Å². The van der Waals surface area contributed by atoms with Crippen molar-refractivity contribution in [1.29, 1.82) is 0 Å². The monoisotopic (exact) mass is 548 g/mol. The van der Waals surface area contributed by atoms with Crippen molar-refractivity contribution in [2.75, 3.05) is 19.6 Å². The predicted molar refractivity (Wildman–Crippen MR) is 161 cm³/mol. The van der Waals surface area contributed by atoms with Crippen molar-refractivity contribution < 1.29 is 0 Å². The Bertz CT molecular complexity index is 1490. The molecule has 9 nitrogen and oxygen atoms in total. The van der Waals surface area contributed by atoms with Crippen LogP contribution in [0.5, 0.6) is 0 Å². The largest absolute Gasteiger partial charge is 0.370 e. The summed E-state index contributed by atoms with van der Waals surface area (Å²) >= 11 is 6.80. The molecule has 0 aliphatic carbocycles. The van der Waals surface area contributed by atoms with Crippen LogP contribution < -0.4 is 28.2 Å². The molecule has 0 unspecified atom stereocenters. The normalized spacial score (nSPS) is 11.3. The molecule has 0 amide bonds. The van der Waals surface area contributed by atoms with Crippen molar-refractivity contribution in [1.82, 2.24) is 19.9 Å². The van der Waals surface area contributed by atoms with Crippen LogP contribution in [0.3, 0.4) is 0 Å². The van der Waals surface area contributed by atoms with Crippen LogP contribution in [0.4, 0.5) is 0 Å². The van der Waals surface area contributed by atoms with Crippen LogP contribution in [0.2, 0.25) is 5.02 Å². The lowest BCUT2D eigenvalue weighted by Gasteiger charge is -2.11. The number of halogens is 1. The van der Waals surface area contributed by atoms with E-state index in [1.165, 1.54) is 5.56 Å². The quantitative estimate of drug-likeness (QED) is 0.0976. The predicted octanol–water partition coefficient (Wildman–Crippen LogP) is 3.63. The van der Waals surface area contributed by atoms with Crippen molar-refractivity contribution in [3.63, 3.8) is 0 Å². The van der Waals surface area contributed by atoms with Crippen molar-refractivity contribution in [2.24, 2.45) is 22.2 Å². The maximum Gasteiger partial charge on any atom is 0.354 e. The van der Waals surface area contributed by atoms with Crippen LogP contribution in [-0.4, -0.2) is 40.1 Å². The third-order valence-corrected chi connectivity index (χ3v) is 7.10. The van der Waals surface area contributed by atoms with Crippen molar-refractivity contribution in [3.8, 4) is 16.9 Å². The number of nitrogens with two attached hydrogens (primary N) is 3.